The summed E-state index contributed by atoms with van der Waals surface area (Å²) in [7, 11) is 4.04. The predicted octanol–water partition coefficient (Wildman–Crippen LogP) is 2.98. The van der Waals surface area contributed by atoms with E-state index in [9.17, 15) is 9.59 Å². The number of anilines is 1. The molecular formula is C19H28N2O3. The van der Waals surface area contributed by atoms with Gasteiger partial charge in [0.1, 0.15) is 5.75 Å². The van der Waals surface area contributed by atoms with Gasteiger partial charge >= 0.3 is 0 Å². The Bertz CT molecular complexity index is 611. The van der Waals surface area contributed by atoms with E-state index in [4.69, 9.17) is 4.74 Å². The van der Waals surface area contributed by atoms with E-state index in [0.29, 0.717) is 24.3 Å². The molecule has 0 spiro atoms. The molecule has 1 aromatic carbocycles. The smallest absolute Gasteiger partial charge is 0.268 e. The minimum Gasteiger partial charge on any atom is -0.478 e. The minimum atomic E-state index is -0.468. The van der Waals surface area contributed by atoms with Crippen molar-refractivity contribution in [1.29, 1.82) is 0 Å². The Labute approximate surface area is 144 Å². The molecule has 1 atom stereocenters. The summed E-state index contributed by atoms with van der Waals surface area (Å²) in [5.74, 6) is 0.839. The first-order valence-corrected chi connectivity index (χ1v) is 8.65. The number of amides is 1. The third-order valence-corrected chi connectivity index (χ3v) is 4.25. The summed E-state index contributed by atoms with van der Waals surface area (Å²) in [5, 5.41) is 0. The summed E-state index contributed by atoms with van der Waals surface area (Å²) in [6.07, 6.45) is 0.849. The third kappa shape index (κ3) is 3.96. The van der Waals surface area contributed by atoms with E-state index >= 15 is 0 Å². The molecule has 0 radical (unpaired) electrons. The topological polar surface area (TPSA) is 49.9 Å². The maximum Gasteiger partial charge on any atom is 0.268 e. The van der Waals surface area contributed by atoms with Crippen LogP contribution in [0.15, 0.2) is 18.2 Å². The van der Waals surface area contributed by atoms with Crippen molar-refractivity contribution in [3.63, 3.8) is 0 Å². The van der Waals surface area contributed by atoms with Crippen molar-refractivity contribution >= 4 is 17.4 Å². The van der Waals surface area contributed by atoms with E-state index in [1.807, 2.05) is 40.9 Å². The molecule has 1 aromatic rings. The van der Waals surface area contributed by atoms with Crippen molar-refractivity contribution in [3.8, 4) is 5.75 Å². The molecule has 0 saturated carbocycles. The van der Waals surface area contributed by atoms with Gasteiger partial charge in [0.05, 0.1) is 5.69 Å². The van der Waals surface area contributed by atoms with Crippen LogP contribution in [0.2, 0.25) is 0 Å². The molecular weight excluding hydrogens is 304 g/mol. The van der Waals surface area contributed by atoms with Crippen LogP contribution in [-0.4, -0.2) is 49.9 Å². The molecule has 24 heavy (non-hydrogen) atoms. The molecule has 0 N–H and O–H groups in total. The molecule has 1 unspecified atom stereocenters. The fourth-order valence-corrected chi connectivity index (χ4v) is 2.86. The molecule has 5 nitrogen and oxygen atoms in total. The van der Waals surface area contributed by atoms with Crippen LogP contribution in [0.5, 0.6) is 5.75 Å². The maximum absolute atomic E-state index is 12.9. The summed E-state index contributed by atoms with van der Waals surface area (Å²) >= 11 is 0. The molecule has 0 bridgehead atoms. The second kappa shape index (κ2) is 7.79. The first-order valence-electron chi connectivity index (χ1n) is 8.65. The lowest BCUT2D eigenvalue weighted by Crippen LogP contribution is -2.49. The Morgan fingerprint density at radius 1 is 1.33 bits per heavy atom. The number of carbonyl (C=O) groups is 2. The van der Waals surface area contributed by atoms with Crippen LogP contribution < -0.4 is 9.64 Å². The molecule has 0 aliphatic carbocycles. The first-order chi connectivity index (χ1) is 11.3. The highest BCUT2D eigenvalue weighted by molar-refractivity contribution is 6.03. The number of ether oxygens (including phenoxy) is 1. The van der Waals surface area contributed by atoms with Crippen LogP contribution >= 0.6 is 0 Å². The van der Waals surface area contributed by atoms with Gasteiger partial charge in [-0.2, -0.15) is 0 Å². The highest BCUT2D eigenvalue weighted by Crippen LogP contribution is 2.36. The number of hydrogen-bond donors (Lipinski definition) is 0. The molecule has 1 heterocycles. The maximum atomic E-state index is 12.9. The minimum absolute atomic E-state index is 0.0163. The lowest BCUT2D eigenvalue weighted by molar-refractivity contribution is -0.128. The lowest BCUT2D eigenvalue weighted by Gasteiger charge is -2.36. The highest BCUT2D eigenvalue weighted by atomic mass is 16.5. The van der Waals surface area contributed by atoms with Gasteiger partial charge in [0.15, 0.2) is 11.9 Å². The number of benzene rings is 1. The van der Waals surface area contributed by atoms with Crippen molar-refractivity contribution in [1.82, 2.24) is 4.90 Å². The third-order valence-electron chi connectivity index (χ3n) is 4.25. The summed E-state index contributed by atoms with van der Waals surface area (Å²) in [4.78, 5) is 28.8. The van der Waals surface area contributed by atoms with E-state index < -0.39 is 6.10 Å². The average molecular weight is 332 g/mol. The zero-order valence-corrected chi connectivity index (χ0v) is 15.3. The molecule has 1 aliphatic heterocycles. The second-order valence-electron chi connectivity index (χ2n) is 6.89. The van der Waals surface area contributed by atoms with Crippen LogP contribution in [0.1, 0.15) is 44.0 Å². The van der Waals surface area contributed by atoms with Gasteiger partial charge in [-0.1, -0.05) is 20.8 Å². The van der Waals surface area contributed by atoms with Gasteiger partial charge in [-0.3, -0.25) is 9.59 Å². The van der Waals surface area contributed by atoms with Crippen molar-refractivity contribution < 1.29 is 14.3 Å². The van der Waals surface area contributed by atoms with Crippen LogP contribution in [0.4, 0.5) is 5.69 Å². The van der Waals surface area contributed by atoms with Gasteiger partial charge < -0.3 is 14.5 Å². The van der Waals surface area contributed by atoms with Crippen molar-refractivity contribution in [2.75, 3.05) is 32.1 Å². The number of rotatable bonds is 7. The van der Waals surface area contributed by atoms with Crippen LogP contribution in [0, 0.1) is 5.92 Å². The Morgan fingerprint density at radius 2 is 2.04 bits per heavy atom. The van der Waals surface area contributed by atoms with E-state index in [0.717, 1.165) is 18.7 Å². The summed E-state index contributed by atoms with van der Waals surface area (Å²) in [6, 6.07) is 5.40. The fourth-order valence-electron chi connectivity index (χ4n) is 2.86. The normalized spacial score (nSPS) is 17.2. The summed E-state index contributed by atoms with van der Waals surface area (Å²) in [5.41, 5.74) is 1.35. The number of carbonyl (C=O) groups excluding carboxylic acids is 2. The fraction of sp³-hybridized carbons (Fsp3) is 0.579. The van der Waals surface area contributed by atoms with E-state index in [1.165, 1.54) is 0 Å². The quantitative estimate of drug-likeness (QED) is 0.720. The van der Waals surface area contributed by atoms with Crippen molar-refractivity contribution in [3.05, 3.63) is 23.8 Å². The Morgan fingerprint density at radius 3 is 2.62 bits per heavy atom. The summed E-state index contributed by atoms with van der Waals surface area (Å²) < 4.78 is 5.92. The molecule has 132 valence electrons. The molecule has 2 rings (SSSR count). The standard InChI is InChI=1S/C19H28N2O3/c1-6-16(22)14-8-9-17-15(12-14)21(11-7-10-20(4)5)19(23)18(24-17)13(2)3/h8-9,12-13,18H,6-7,10-11H2,1-5H3. The van der Waals surface area contributed by atoms with Gasteiger partial charge in [-0.05, 0) is 51.2 Å². The SMILES string of the molecule is CCC(=O)c1ccc2c(c1)N(CCCN(C)C)C(=O)C(C(C)C)O2. The van der Waals surface area contributed by atoms with Crippen molar-refractivity contribution in [2.45, 2.75) is 39.7 Å². The van der Waals surface area contributed by atoms with Crippen LogP contribution in [0.25, 0.3) is 0 Å². The van der Waals surface area contributed by atoms with Gasteiger partial charge in [-0.25, -0.2) is 0 Å². The Kier molecular flexibility index (Phi) is 5.99. The number of Topliss-reactive ketones (excluding diaryl/α,β-unsaturated/α-hetero) is 1. The van der Waals surface area contributed by atoms with Crippen LogP contribution in [-0.2, 0) is 4.79 Å². The number of nitrogens with zero attached hydrogens (tertiary/aromatic N) is 2. The van der Waals surface area contributed by atoms with Gasteiger partial charge in [0, 0.05) is 18.5 Å². The summed E-state index contributed by atoms with van der Waals surface area (Å²) in [6.45, 7) is 7.34. The van der Waals surface area contributed by atoms with E-state index in [2.05, 4.69) is 4.90 Å². The van der Waals surface area contributed by atoms with Gasteiger partial charge in [0.25, 0.3) is 5.91 Å². The first kappa shape index (κ1) is 18.5. The molecule has 0 aromatic heterocycles. The monoisotopic (exact) mass is 332 g/mol. The average Bonchev–Trinajstić information content (AvgIpc) is 2.54. The Balaban J connectivity index is 2.35. The van der Waals surface area contributed by atoms with Crippen LogP contribution in [0.3, 0.4) is 0 Å². The van der Waals surface area contributed by atoms with E-state index in [1.54, 1.807) is 17.0 Å². The lowest BCUT2D eigenvalue weighted by atomic mass is 10.0. The molecule has 1 amide bonds. The van der Waals surface area contributed by atoms with Crippen molar-refractivity contribution in [2.24, 2.45) is 5.92 Å². The zero-order chi connectivity index (χ0) is 17.9. The Hall–Kier alpha value is -1.88. The zero-order valence-electron chi connectivity index (χ0n) is 15.3. The van der Waals surface area contributed by atoms with E-state index in [-0.39, 0.29) is 17.6 Å². The number of fused-ring (bicyclic) bond motifs is 1. The number of hydrogen-bond acceptors (Lipinski definition) is 4. The van der Waals surface area contributed by atoms with Gasteiger partial charge in [0.2, 0.25) is 0 Å². The highest BCUT2D eigenvalue weighted by Gasteiger charge is 2.36. The molecule has 1 aliphatic rings. The molecule has 0 saturated heterocycles. The number of ketones is 1. The largest absolute Gasteiger partial charge is 0.478 e. The molecule has 0 fully saturated rings. The molecule has 5 heteroatoms. The van der Waals surface area contributed by atoms with Gasteiger partial charge in [-0.15, -0.1) is 0 Å². The second-order valence-corrected chi connectivity index (χ2v) is 6.89. The predicted molar refractivity (Wildman–Crippen MR) is 95.8 cm³/mol.